The van der Waals surface area contributed by atoms with Gasteiger partial charge in [0.1, 0.15) is 0 Å². The Labute approximate surface area is 60.5 Å². The van der Waals surface area contributed by atoms with E-state index in [-0.39, 0.29) is 0 Å². The molecule has 0 amide bonds. The standard InChI is InChI=1S/C8H8S/c1-7(9)8-5-3-2-4-6-8/h2-6H,1H3. The van der Waals surface area contributed by atoms with Crippen molar-refractivity contribution in [2.45, 2.75) is 6.92 Å². The van der Waals surface area contributed by atoms with Crippen molar-refractivity contribution in [3.63, 3.8) is 0 Å². The zero-order chi connectivity index (χ0) is 6.69. The van der Waals surface area contributed by atoms with Crippen LogP contribution in [0.25, 0.3) is 0 Å². The van der Waals surface area contributed by atoms with E-state index in [1.165, 1.54) is 0 Å². The highest BCUT2D eigenvalue weighted by atomic mass is 32.1. The predicted molar refractivity (Wildman–Crippen MR) is 43.8 cm³/mol. The molecule has 1 aromatic carbocycles. The molecule has 0 unspecified atom stereocenters. The van der Waals surface area contributed by atoms with Crippen molar-refractivity contribution < 1.29 is 0 Å². The first kappa shape index (κ1) is 6.43. The SMILES string of the molecule is CC(=S)c1ccccc1. The molecule has 0 aliphatic rings. The van der Waals surface area contributed by atoms with Crippen LogP contribution in [0.3, 0.4) is 0 Å². The predicted octanol–water partition coefficient (Wildman–Crippen LogP) is 2.42. The van der Waals surface area contributed by atoms with Crippen molar-refractivity contribution in [2.24, 2.45) is 0 Å². The van der Waals surface area contributed by atoms with Gasteiger partial charge in [0.25, 0.3) is 0 Å². The summed E-state index contributed by atoms with van der Waals surface area (Å²) in [6, 6.07) is 10.0. The maximum absolute atomic E-state index is 4.96. The monoisotopic (exact) mass is 136 g/mol. The minimum atomic E-state index is 0.954. The molecule has 0 nitrogen and oxygen atoms in total. The Morgan fingerprint density at radius 1 is 1.22 bits per heavy atom. The van der Waals surface area contributed by atoms with Gasteiger partial charge in [-0.3, -0.25) is 0 Å². The molecule has 0 saturated heterocycles. The van der Waals surface area contributed by atoms with E-state index in [1.54, 1.807) is 0 Å². The van der Waals surface area contributed by atoms with Crippen molar-refractivity contribution in [1.82, 2.24) is 0 Å². The second-order valence-electron chi connectivity index (χ2n) is 1.92. The Balaban J connectivity index is 2.98. The van der Waals surface area contributed by atoms with Gasteiger partial charge in [-0.05, 0) is 12.5 Å². The maximum atomic E-state index is 4.96. The number of hydrogen-bond acceptors (Lipinski definition) is 1. The molecule has 9 heavy (non-hydrogen) atoms. The van der Waals surface area contributed by atoms with Crippen LogP contribution in [0.2, 0.25) is 0 Å². The lowest BCUT2D eigenvalue weighted by atomic mass is 10.2. The van der Waals surface area contributed by atoms with Crippen LogP contribution in [-0.2, 0) is 0 Å². The Morgan fingerprint density at radius 3 is 2.11 bits per heavy atom. The third kappa shape index (κ3) is 1.61. The molecule has 1 aromatic rings. The molecule has 0 fully saturated rings. The van der Waals surface area contributed by atoms with Gasteiger partial charge in [-0.15, -0.1) is 0 Å². The van der Waals surface area contributed by atoms with Crippen molar-refractivity contribution in [1.29, 1.82) is 0 Å². The molecule has 0 atom stereocenters. The third-order valence-corrected chi connectivity index (χ3v) is 1.42. The van der Waals surface area contributed by atoms with Crippen LogP contribution in [0, 0.1) is 0 Å². The van der Waals surface area contributed by atoms with Crippen LogP contribution in [0.4, 0.5) is 0 Å². The summed E-state index contributed by atoms with van der Waals surface area (Å²) in [5.74, 6) is 0. The summed E-state index contributed by atoms with van der Waals surface area (Å²) in [6.45, 7) is 1.94. The molecule has 0 aromatic heterocycles. The summed E-state index contributed by atoms with van der Waals surface area (Å²) in [7, 11) is 0. The van der Waals surface area contributed by atoms with Gasteiger partial charge in [0.05, 0.1) is 0 Å². The van der Waals surface area contributed by atoms with Crippen LogP contribution < -0.4 is 0 Å². The fourth-order valence-electron chi connectivity index (χ4n) is 0.673. The fraction of sp³-hybridized carbons (Fsp3) is 0.125. The van der Waals surface area contributed by atoms with E-state index in [1.807, 2.05) is 37.3 Å². The third-order valence-electron chi connectivity index (χ3n) is 1.18. The molecule has 0 heterocycles. The molecular weight excluding hydrogens is 128 g/mol. The molecule has 0 radical (unpaired) electrons. The quantitative estimate of drug-likeness (QED) is 0.422. The largest absolute Gasteiger partial charge is 0.0846 e. The van der Waals surface area contributed by atoms with E-state index in [9.17, 15) is 0 Å². The number of thiocarbonyl (C=S) groups is 1. The van der Waals surface area contributed by atoms with E-state index < -0.39 is 0 Å². The zero-order valence-electron chi connectivity index (χ0n) is 5.29. The fourth-order valence-corrected chi connectivity index (χ4v) is 0.809. The molecule has 1 rings (SSSR count). The first-order valence-electron chi connectivity index (χ1n) is 2.86. The molecule has 0 N–H and O–H groups in total. The molecule has 0 spiro atoms. The number of hydrogen-bond donors (Lipinski definition) is 0. The Kier molecular flexibility index (Phi) is 1.96. The van der Waals surface area contributed by atoms with Crippen molar-refractivity contribution >= 4 is 17.1 Å². The first-order valence-corrected chi connectivity index (χ1v) is 3.27. The average Bonchev–Trinajstić information content (AvgIpc) is 1.90. The lowest BCUT2D eigenvalue weighted by molar-refractivity contribution is 1.65. The lowest BCUT2D eigenvalue weighted by Crippen LogP contribution is -1.86. The van der Waals surface area contributed by atoms with Gasteiger partial charge in [0, 0.05) is 4.86 Å². The molecule has 0 bridgehead atoms. The maximum Gasteiger partial charge on any atom is 0.0193 e. The lowest BCUT2D eigenvalue weighted by Gasteiger charge is -1.92. The number of rotatable bonds is 1. The first-order chi connectivity index (χ1) is 4.30. The molecular formula is C8H8S. The average molecular weight is 136 g/mol. The van der Waals surface area contributed by atoms with Gasteiger partial charge >= 0.3 is 0 Å². The Hall–Kier alpha value is -0.690. The summed E-state index contributed by atoms with van der Waals surface area (Å²) in [5.41, 5.74) is 1.15. The van der Waals surface area contributed by atoms with Crippen LogP contribution >= 0.6 is 12.2 Å². The van der Waals surface area contributed by atoms with E-state index in [2.05, 4.69) is 0 Å². The highest BCUT2D eigenvalue weighted by Crippen LogP contribution is 1.99. The van der Waals surface area contributed by atoms with E-state index in [4.69, 9.17) is 12.2 Å². The number of benzene rings is 1. The van der Waals surface area contributed by atoms with E-state index in [0.29, 0.717) is 0 Å². The van der Waals surface area contributed by atoms with Gasteiger partial charge < -0.3 is 0 Å². The highest BCUT2D eigenvalue weighted by molar-refractivity contribution is 7.80. The second kappa shape index (κ2) is 2.74. The van der Waals surface area contributed by atoms with Crippen molar-refractivity contribution in [3.05, 3.63) is 35.9 Å². The van der Waals surface area contributed by atoms with E-state index >= 15 is 0 Å². The minimum Gasteiger partial charge on any atom is -0.0846 e. The zero-order valence-corrected chi connectivity index (χ0v) is 6.11. The van der Waals surface area contributed by atoms with Crippen molar-refractivity contribution in [3.8, 4) is 0 Å². The summed E-state index contributed by atoms with van der Waals surface area (Å²) in [6.07, 6.45) is 0. The summed E-state index contributed by atoms with van der Waals surface area (Å²) in [5, 5.41) is 0. The smallest absolute Gasteiger partial charge is 0.0193 e. The van der Waals surface area contributed by atoms with Crippen LogP contribution in [-0.4, -0.2) is 4.86 Å². The molecule has 0 aliphatic heterocycles. The topological polar surface area (TPSA) is 0 Å². The van der Waals surface area contributed by atoms with Crippen LogP contribution in [0.1, 0.15) is 12.5 Å². The highest BCUT2D eigenvalue weighted by Gasteiger charge is 1.88. The molecule has 0 saturated carbocycles. The molecule has 1 heteroatoms. The van der Waals surface area contributed by atoms with Gasteiger partial charge in [-0.1, -0.05) is 42.5 Å². The van der Waals surface area contributed by atoms with Gasteiger partial charge in [0.15, 0.2) is 0 Å². The Bertz CT molecular complexity index is 201. The summed E-state index contributed by atoms with van der Waals surface area (Å²) >= 11 is 4.96. The van der Waals surface area contributed by atoms with Gasteiger partial charge in [-0.25, -0.2) is 0 Å². The molecule has 46 valence electrons. The van der Waals surface area contributed by atoms with E-state index in [0.717, 1.165) is 10.4 Å². The second-order valence-corrected chi connectivity index (χ2v) is 2.53. The summed E-state index contributed by atoms with van der Waals surface area (Å²) in [4.78, 5) is 0.954. The van der Waals surface area contributed by atoms with Gasteiger partial charge in [-0.2, -0.15) is 0 Å². The van der Waals surface area contributed by atoms with Gasteiger partial charge in [0.2, 0.25) is 0 Å². The van der Waals surface area contributed by atoms with Crippen molar-refractivity contribution in [2.75, 3.05) is 0 Å². The van der Waals surface area contributed by atoms with Crippen LogP contribution in [0.5, 0.6) is 0 Å². The minimum absolute atomic E-state index is 0.954. The Morgan fingerprint density at radius 2 is 1.78 bits per heavy atom. The van der Waals surface area contributed by atoms with Crippen LogP contribution in [0.15, 0.2) is 30.3 Å². The summed E-state index contributed by atoms with van der Waals surface area (Å²) < 4.78 is 0. The molecule has 0 aliphatic carbocycles. The normalized spacial score (nSPS) is 9.00.